The van der Waals surface area contributed by atoms with Crippen molar-refractivity contribution in [2.75, 3.05) is 5.32 Å². The second-order valence-corrected chi connectivity index (χ2v) is 8.17. The van der Waals surface area contributed by atoms with E-state index in [0.717, 1.165) is 14.9 Å². The Labute approximate surface area is 178 Å². The van der Waals surface area contributed by atoms with Crippen molar-refractivity contribution in [2.24, 2.45) is 0 Å². The summed E-state index contributed by atoms with van der Waals surface area (Å²) in [6, 6.07) is 16.5. The van der Waals surface area contributed by atoms with Crippen LogP contribution in [0.5, 0.6) is 0 Å². The van der Waals surface area contributed by atoms with Gasteiger partial charge in [-0.15, -0.1) is 11.3 Å². The summed E-state index contributed by atoms with van der Waals surface area (Å²) in [5, 5.41) is 9.29. The van der Waals surface area contributed by atoms with Crippen molar-refractivity contribution in [1.29, 1.82) is 0 Å². The van der Waals surface area contributed by atoms with Crippen LogP contribution in [0.25, 0.3) is 10.7 Å². The van der Waals surface area contributed by atoms with Gasteiger partial charge in [0.2, 0.25) is 11.7 Å². The van der Waals surface area contributed by atoms with E-state index in [2.05, 4.69) is 31.4 Å². The minimum atomic E-state index is -0.288. The van der Waals surface area contributed by atoms with Gasteiger partial charge < -0.3 is 9.84 Å². The zero-order valence-electron chi connectivity index (χ0n) is 14.4. The van der Waals surface area contributed by atoms with Crippen molar-refractivity contribution >= 4 is 50.5 Å². The highest BCUT2D eigenvalue weighted by Gasteiger charge is 2.15. The van der Waals surface area contributed by atoms with Crippen LogP contribution in [0.4, 0.5) is 5.69 Å². The molecule has 0 unspecified atom stereocenters. The van der Waals surface area contributed by atoms with Crippen molar-refractivity contribution in [3.8, 4) is 10.7 Å². The van der Waals surface area contributed by atoms with Crippen LogP contribution < -0.4 is 5.32 Å². The van der Waals surface area contributed by atoms with E-state index in [9.17, 15) is 4.79 Å². The van der Waals surface area contributed by atoms with Gasteiger partial charge in [-0.05, 0) is 41.3 Å². The van der Waals surface area contributed by atoms with Crippen LogP contribution in [0.2, 0.25) is 5.02 Å². The summed E-state index contributed by atoms with van der Waals surface area (Å²) in [6.45, 7) is 0. The van der Waals surface area contributed by atoms with Gasteiger partial charge in [-0.2, -0.15) is 4.98 Å². The quantitative estimate of drug-likeness (QED) is 0.382. The molecule has 8 heteroatoms. The van der Waals surface area contributed by atoms with Crippen molar-refractivity contribution in [1.82, 2.24) is 10.1 Å². The average Bonchev–Trinajstić information content (AvgIpc) is 3.37. The summed E-state index contributed by atoms with van der Waals surface area (Å²) in [5.41, 5.74) is 1.92. The highest BCUT2D eigenvalue weighted by atomic mass is 79.9. The van der Waals surface area contributed by atoms with E-state index in [0.29, 0.717) is 34.4 Å². The van der Waals surface area contributed by atoms with E-state index in [1.807, 2.05) is 41.8 Å². The molecule has 4 aromatic rings. The SMILES string of the molecule is O=C(Nc1ccccc1Cc1nc(-c2cccs2)no1)c1cc(Br)ccc1Cl. The summed E-state index contributed by atoms with van der Waals surface area (Å²) >= 11 is 11.1. The molecule has 140 valence electrons. The summed E-state index contributed by atoms with van der Waals surface area (Å²) in [5.74, 6) is 0.751. The Balaban J connectivity index is 1.56. The number of thiophene rings is 1. The third kappa shape index (κ3) is 4.16. The van der Waals surface area contributed by atoms with Gasteiger partial charge in [-0.1, -0.05) is 57.0 Å². The number of carbonyl (C=O) groups is 1. The Hall–Kier alpha value is -2.48. The number of rotatable bonds is 5. The van der Waals surface area contributed by atoms with Gasteiger partial charge in [0.15, 0.2) is 0 Å². The number of carbonyl (C=O) groups excluding carboxylic acids is 1. The summed E-state index contributed by atoms with van der Waals surface area (Å²) in [4.78, 5) is 18.1. The molecule has 1 N–H and O–H groups in total. The topological polar surface area (TPSA) is 68.0 Å². The Morgan fingerprint density at radius 1 is 1.18 bits per heavy atom. The molecule has 0 saturated carbocycles. The van der Waals surface area contributed by atoms with Gasteiger partial charge in [0.25, 0.3) is 5.91 Å². The van der Waals surface area contributed by atoms with Crippen molar-refractivity contribution in [2.45, 2.75) is 6.42 Å². The van der Waals surface area contributed by atoms with Crippen LogP contribution in [-0.4, -0.2) is 16.0 Å². The monoisotopic (exact) mass is 473 g/mol. The van der Waals surface area contributed by atoms with E-state index in [-0.39, 0.29) is 5.91 Å². The Morgan fingerprint density at radius 3 is 2.86 bits per heavy atom. The predicted molar refractivity (Wildman–Crippen MR) is 114 cm³/mol. The number of nitrogens with zero attached hydrogens (tertiary/aromatic N) is 2. The number of para-hydroxylation sites is 1. The van der Waals surface area contributed by atoms with Gasteiger partial charge in [-0.3, -0.25) is 4.79 Å². The number of nitrogens with one attached hydrogen (secondary N) is 1. The molecule has 0 atom stereocenters. The molecule has 0 saturated heterocycles. The zero-order valence-corrected chi connectivity index (χ0v) is 17.5. The summed E-state index contributed by atoms with van der Waals surface area (Å²) < 4.78 is 6.16. The van der Waals surface area contributed by atoms with Crippen LogP contribution in [0.1, 0.15) is 21.8 Å². The maximum Gasteiger partial charge on any atom is 0.257 e. The third-order valence-corrected chi connectivity index (χ3v) is 5.68. The van der Waals surface area contributed by atoms with E-state index in [1.165, 1.54) is 0 Å². The minimum Gasteiger partial charge on any atom is -0.339 e. The lowest BCUT2D eigenvalue weighted by Gasteiger charge is -2.11. The van der Waals surface area contributed by atoms with E-state index in [1.54, 1.807) is 29.5 Å². The largest absolute Gasteiger partial charge is 0.339 e. The Kier molecular flexibility index (Phi) is 5.57. The van der Waals surface area contributed by atoms with Gasteiger partial charge in [0.05, 0.1) is 21.9 Å². The molecule has 2 aromatic carbocycles. The highest BCUT2D eigenvalue weighted by Crippen LogP contribution is 2.26. The Morgan fingerprint density at radius 2 is 2.04 bits per heavy atom. The molecule has 4 rings (SSSR count). The maximum atomic E-state index is 12.7. The number of hydrogen-bond donors (Lipinski definition) is 1. The summed E-state index contributed by atoms with van der Waals surface area (Å²) in [7, 11) is 0. The van der Waals surface area contributed by atoms with Gasteiger partial charge in [0, 0.05) is 10.2 Å². The fraction of sp³-hybridized carbons (Fsp3) is 0.0500. The standard InChI is InChI=1S/C20H13BrClN3O2S/c21-13-7-8-15(22)14(11-13)20(26)23-16-5-2-1-4-12(16)10-18-24-19(25-27-18)17-6-3-9-28-17/h1-9,11H,10H2,(H,23,26). The van der Waals surface area contributed by atoms with Crippen LogP contribution in [0, 0.1) is 0 Å². The first-order valence-electron chi connectivity index (χ1n) is 8.31. The maximum absolute atomic E-state index is 12.7. The highest BCUT2D eigenvalue weighted by molar-refractivity contribution is 9.10. The second kappa shape index (κ2) is 8.26. The number of halogens is 2. The second-order valence-electron chi connectivity index (χ2n) is 5.90. The van der Waals surface area contributed by atoms with Crippen molar-refractivity contribution in [3.05, 3.63) is 86.5 Å². The first-order valence-corrected chi connectivity index (χ1v) is 10.4. The van der Waals surface area contributed by atoms with Crippen LogP contribution in [0.15, 0.2) is 69.0 Å². The number of amides is 1. The third-order valence-electron chi connectivity index (χ3n) is 3.99. The molecule has 0 radical (unpaired) electrons. The fourth-order valence-electron chi connectivity index (χ4n) is 2.65. The first-order chi connectivity index (χ1) is 13.6. The molecule has 0 aliphatic carbocycles. The summed E-state index contributed by atoms with van der Waals surface area (Å²) in [6.07, 6.45) is 0.404. The van der Waals surface area contributed by atoms with Gasteiger partial charge in [-0.25, -0.2) is 0 Å². The molecular formula is C20H13BrClN3O2S. The molecule has 0 bridgehead atoms. The average molecular weight is 475 g/mol. The molecule has 1 amide bonds. The smallest absolute Gasteiger partial charge is 0.257 e. The number of hydrogen-bond acceptors (Lipinski definition) is 5. The fourth-order valence-corrected chi connectivity index (χ4v) is 3.87. The Bertz CT molecular complexity index is 1130. The van der Waals surface area contributed by atoms with Crippen molar-refractivity contribution < 1.29 is 9.32 Å². The van der Waals surface area contributed by atoms with Crippen LogP contribution >= 0.6 is 38.9 Å². The molecule has 2 aromatic heterocycles. The van der Waals surface area contributed by atoms with Gasteiger partial charge >= 0.3 is 0 Å². The lowest BCUT2D eigenvalue weighted by atomic mass is 10.1. The lowest BCUT2D eigenvalue weighted by molar-refractivity contribution is 0.102. The van der Waals surface area contributed by atoms with E-state index in [4.69, 9.17) is 16.1 Å². The first kappa shape index (κ1) is 18.9. The van der Waals surface area contributed by atoms with E-state index < -0.39 is 0 Å². The lowest BCUT2D eigenvalue weighted by Crippen LogP contribution is -2.14. The molecule has 0 aliphatic rings. The molecule has 0 aliphatic heterocycles. The van der Waals surface area contributed by atoms with Crippen molar-refractivity contribution in [3.63, 3.8) is 0 Å². The predicted octanol–water partition coefficient (Wildman–Crippen LogP) is 6.06. The molecule has 5 nitrogen and oxygen atoms in total. The number of anilines is 1. The van der Waals surface area contributed by atoms with E-state index >= 15 is 0 Å². The normalized spacial score (nSPS) is 10.8. The molecule has 0 spiro atoms. The van der Waals surface area contributed by atoms with Crippen LogP contribution in [-0.2, 0) is 6.42 Å². The number of aromatic nitrogens is 2. The molecule has 2 heterocycles. The zero-order chi connectivity index (χ0) is 19.5. The molecular weight excluding hydrogens is 462 g/mol. The molecule has 28 heavy (non-hydrogen) atoms. The van der Waals surface area contributed by atoms with Crippen LogP contribution in [0.3, 0.4) is 0 Å². The minimum absolute atomic E-state index is 0.288. The van der Waals surface area contributed by atoms with Gasteiger partial charge in [0.1, 0.15) is 0 Å². The number of benzene rings is 2. The molecule has 0 fully saturated rings.